The van der Waals surface area contributed by atoms with Crippen LogP contribution in [-0.4, -0.2) is 28.4 Å². The maximum Gasteiger partial charge on any atom is 0.355 e. The van der Waals surface area contributed by atoms with Gasteiger partial charge in [-0.05, 0) is 6.92 Å². The minimum absolute atomic E-state index is 0.170. The fourth-order valence-electron chi connectivity index (χ4n) is 1.77. The average Bonchev–Trinajstić information content (AvgIpc) is 2.76. The van der Waals surface area contributed by atoms with E-state index in [1.807, 2.05) is 0 Å². The van der Waals surface area contributed by atoms with Crippen LogP contribution in [0.4, 0.5) is 0 Å². The monoisotopic (exact) mass is 236 g/mol. The van der Waals surface area contributed by atoms with E-state index < -0.39 is 5.97 Å². The van der Waals surface area contributed by atoms with Gasteiger partial charge in [-0.3, -0.25) is 4.79 Å². The van der Waals surface area contributed by atoms with Crippen LogP contribution in [0.25, 0.3) is 11.2 Å². The molecule has 0 saturated heterocycles. The third-order valence-corrected chi connectivity index (χ3v) is 2.46. The Morgan fingerprint density at radius 2 is 2.29 bits per heavy atom. The van der Waals surface area contributed by atoms with Crippen LogP contribution in [0, 0.1) is 6.92 Å². The van der Waals surface area contributed by atoms with Crippen molar-refractivity contribution in [2.24, 2.45) is 7.05 Å². The van der Waals surface area contributed by atoms with E-state index in [0.29, 0.717) is 23.4 Å². The summed E-state index contributed by atoms with van der Waals surface area (Å²) in [5.74, 6) is -0.105. The third-order valence-electron chi connectivity index (χ3n) is 2.46. The van der Waals surface area contributed by atoms with Gasteiger partial charge in [-0.2, -0.15) is 4.98 Å². The number of esters is 1. The zero-order valence-electron chi connectivity index (χ0n) is 9.81. The van der Waals surface area contributed by atoms with Crippen molar-refractivity contribution in [3.8, 4) is 0 Å². The van der Waals surface area contributed by atoms with Gasteiger partial charge in [0.25, 0.3) is 0 Å². The predicted octanol–water partition coefficient (Wildman–Crippen LogP) is 1.46. The lowest BCUT2D eigenvalue weighted by molar-refractivity contribution is 0.0513. The minimum Gasteiger partial charge on any atom is -0.461 e. The van der Waals surface area contributed by atoms with Crippen LogP contribution in [0.3, 0.4) is 0 Å². The normalized spacial score (nSPS) is 10.8. The van der Waals surface area contributed by atoms with E-state index >= 15 is 0 Å². The first-order valence-corrected chi connectivity index (χ1v) is 5.18. The van der Waals surface area contributed by atoms with Crippen molar-refractivity contribution in [1.82, 2.24) is 9.55 Å². The van der Waals surface area contributed by atoms with Crippen molar-refractivity contribution in [1.29, 1.82) is 0 Å². The summed E-state index contributed by atoms with van der Waals surface area (Å²) in [6.07, 6.45) is 0.583. The Kier molecular flexibility index (Phi) is 2.71. The summed E-state index contributed by atoms with van der Waals surface area (Å²) in [5.41, 5.74) is 1.14. The fourth-order valence-corrected chi connectivity index (χ4v) is 1.77. The molecule has 0 unspecified atom stereocenters. The van der Waals surface area contributed by atoms with Crippen molar-refractivity contribution in [2.45, 2.75) is 13.8 Å². The van der Waals surface area contributed by atoms with Gasteiger partial charge >= 0.3 is 5.97 Å². The topological polar surface area (TPSA) is 74.3 Å². The molecule has 90 valence electrons. The molecule has 0 radical (unpaired) electrons. The molecule has 2 rings (SSSR count). The Hall–Kier alpha value is -2.11. The number of hydrogen-bond acceptors (Lipinski definition) is 5. The van der Waals surface area contributed by atoms with Crippen molar-refractivity contribution >= 4 is 23.5 Å². The van der Waals surface area contributed by atoms with Crippen molar-refractivity contribution in [3.05, 3.63) is 17.1 Å². The zero-order valence-corrected chi connectivity index (χ0v) is 9.81. The molecule has 2 heterocycles. The highest BCUT2D eigenvalue weighted by molar-refractivity contribution is 6.06. The van der Waals surface area contributed by atoms with Gasteiger partial charge in [0.15, 0.2) is 23.4 Å². The number of aromatic nitrogens is 2. The molecule has 0 aliphatic rings. The van der Waals surface area contributed by atoms with Crippen molar-refractivity contribution in [2.75, 3.05) is 6.61 Å². The lowest BCUT2D eigenvalue weighted by atomic mass is 10.2. The van der Waals surface area contributed by atoms with Crippen molar-refractivity contribution < 1.29 is 18.7 Å². The first-order chi connectivity index (χ1) is 8.10. The quantitative estimate of drug-likeness (QED) is 0.595. The molecule has 17 heavy (non-hydrogen) atoms. The second-order valence-corrected chi connectivity index (χ2v) is 3.55. The summed E-state index contributed by atoms with van der Waals surface area (Å²) >= 11 is 0. The molecular weight excluding hydrogens is 224 g/mol. The van der Waals surface area contributed by atoms with Crippen LogP contribution in [0.15, 0.2) is 4.42 Å². The summed E-state index contributed by atoms with van der Waals surface area (Å²) in [7, 11) is 1.64. The van der Waals surface area contributed by atoms with E-state index in [1.165, 1.54) is 4.57 Å². The van der Waals surface area contributed by atoms with E-state index in [-0.39, 0.29) is 17.9 Å². The fraction of sp³-hybridized carbons (Fsp3) is 0.364. The summed E-state index contributed by atoms with van der Waals surface area (Å²) < 4.78 is 11.7. The first kappa shape index (κ1) is 11.4. The lowest BCUT2D eigenvalue weighted by Crippen LogP contribution is -2.12. The Morgan fingerprint density at radius 1 is 1.59 bits per heavy atom. The highest BCUT2D eigenvalue weighted by Gasteiger charge is 2.25. The standard InChI is InChI=1S/C11H12N2O4/c1-4-16-11(15)8-7(5-14)9-10(13(8)3)12-6(2)17-9/h5H,4H2,1-3H3. The van der Waals surface area contributed by atoms with Gasteiger partial charge < -0.3 is 13.7 Å². The summed E-state index contributed by atoms with van der Waals surface area (Å²) in [6, 6.07) is 0. The molecule has 2 aromatic rings. The van der Waals surface area contributed by atoms with Crippen LogP contribution in [0.2, 0.25) is 0 Å². The molecule has 0 fully saturated rings. The summed E-state index contributed by atoms with van der Waals surface area (Å²) in [5, 5.41) is 0. The van der Waals surface area contributed by atoms with Gasteiger partial charge in [0.05, 0.1) is 12.2 Å². The number of carbonyl (C=O) groups is 2. The molecule has 0 atom stereocenters. The lowest BCUT2D eigenvalue weighted by Gasteiger charge is -2.03. The van der Waals surface area contributed by atoms with E-state index in [0.717, 1.165) is 0 Å². The van der Waals surface area contributed by atoms with Gasteiger partial charge in [-0.15, -0.1) is 0 Å². The number of hydrogen-bond donors (Lipinski definition) is 0. The number of carbonyl (C=O) groups excluding carboxylic acids is 2. The van der Waals surface area contributed by atoms with E-state index in [9.17, 15) is 9.59 Å². The maximum absolute atomic E-state index is 11.7. The number of aryl methyl sites for hydroxylation is 2. The van der Waals surface area contributed by atoms with Crippen LogP contribution in [0.5, 0.6) is 0 Å². The molecule has 0 bridgehead atoms. The van der Waals surface area contributed by atoms with Gasteiger partial charge in [0, 0.05) is 14.0 Å². The Morgan fingerprint density at radius 3 is 2.88 bits per heavy atom. The highest BCUT2D eigenvalue weighted by atomic mass is 16.5. The van der Waals surface area contributed by atoms with Gasteiger partial charge in [0.1, 0.15) is 5.69 Å². The molecule has 0 saturated carbocycles. The van der Waals surface area contributed by atoms with E-state index in [1.54, 1.807) is 20.9 Å². The molecular formula is C11H12N2O4. The molecule has 6 heteroatoms. The first-order valence-electron chi connectivity index (χ1n) is 5.18. The van der Waals surface area contributed by atoms with Gasteiger partial charge in [-0.1, -0.05) is 0 Å². The van der Waals surface area contributed by atoms with Crippen molar-refractivity contribution in [3.63, 3.8) is 0 Å². The summed E-state index contributed by atoms with van der Waals surface area (Å²) in [4.78, 5) is 26.9. The number of nitrogens with zero attached hydrogens (tertiary/aromatic N) is 2. The van der Waals surface area contributed by atoms with E-state index in [4.69, 9.17) is 9.15 Å². The van der Waals surface area contributed by atoms with Crippen LogP contribution >= 0.6 is 0 Å². The largest absolute Gasteiger partial charge is 0.461 e. The minimum atomic E-state index is -0.553. The Labute approximate surface area is 97.2 Å². The summed E-state index contributed by atoms with van der Waals surface area (Å²) in [6.45, 7) is 3.63. The highest BCUT2D eigenvalue weighted by Crippen LogP contribution is 2.25. The second kappa shape index (κ2) is 4.04. The van der Waals surface area contributed by atoms with Gasteiger partial charge in [0.2, 0.25) is 0 Å². The molecule has 6 nitrogen and oxygen atoms in total. The number of fused-ring (bicyclic) bond motifs is 1. The number of rotatable bonds is 3. The third kappa shape index (κ3) is 1.61. The average molecular weight is 236 g/mol. The predicted molar refractivity (Wildman–Crippen MR) is 59.1 cm³/mol. The molecule has 0 N–H and O–H groups in total. The van der Waals surface area contributed by atoms with E-state index in [2.05, 4.69) is 4.98 Å². The maximum atomic E-state index is 11.7. The second-order valence-electron chi connectivity index (χ2n) is 3.55. The Balaban J connectivity index is 2.70. The number of aldehydes is 1. The SMILES string of the molecule is CCOC(=O)c1c(C=O)c2oc(C)nc2n1C. The molecule has 0 aliphatic heterocycles. The van der Waals surface area contributed by atoms with Crippen LogP contribution in [-0.2, 0) is 11.8 Å². The van der Waals surface area contributed by atoms with Crippen LogP contribution in [0.1, 0.15) is 33.7 Å². The number of oxazole rings is 1. The molecule has 0 aliphatic carbocycles. The Bertz CT molecular complexity index is 594. The smallest absolute Gasteiger partial charge is 0.355 e. The zero-order chi connectivity index (χ0) is 12.6. The molecule has 0 aromatic carbocycles. The van der Waals surface area contributed by atoms with Gasteiger partial charge in [-0.25, -0.2) is 4.79 Å². The number of ether oxygens (including phenoxy) is 1. The van der Waals surface area contributed by atoms with Crippen LogP contribution < -0.4 is 0 Å². The molecule has 0 spiro atoms. The molecule has 2 aromatic heterocycles. The molecule has 0 amide bonds.